The van der Waals surface area contributed by atoms with E-state index in [4.69, 9.17) is 5.11 Å². The first-order valence-corrected chi connectivity index (χ1v) is 10.8. The van der Waals surface area contributed by atoms with Gasteiger partial charge in [-0.1, -0.05) is 70.5 Å². The minimum Gasteiger partial charge on any atom is -0.478 e. The van der Waals surface area contributed by atoms with Gasteiger partial charge in [0.1, 0.15) is 0 Å². The largest absolute Gasteiger partial charge is 0.478 e. The highest BCUT2D eigenvalue weighted by Gasteiger charge is 2.35. The minimum absolute atomic E-state index is 0.0304. The minimum atomic E-state index is -1.01. The van der Waals surface area contributed by atoms with Gasteiger partial charge < -0.3 is 15.3 Å². The van der Waals surface area contributed by atoms with Crippen LogP contribution in [0.5, 0.6) is 0 Å². The number of rotatable bonds is 10. The number of carboxylic acids is 1. The summed E-state index contributed by atoms with van der Waals surface area (Å²) >= 11 is 0. The molecular formula is C25H38N2O4. The van der Waals surface area contributed by atoms with Crippen molar-refractivity contribution < 1.29 is 19.5 Å². The van der Waals surface area contributed by atoms with Gasteiger partial charge in [-0.3, -0.25) is 9.59 Å². The first kappa shape index (κ1) is 26.4. The summed E-state index contributed by atoms with van der Waals surface area (Å²) in [7, 11) is 1.64. The third-order valence-electron chi connectivity index (χ3n) is 6.09. The van der Waals surface area contributed by atoms with Gasteiger partial charge in [0.25, 0.3) is 0 Å². The topological polar surface area (TPSA) is 86.7 Å². The van der Waals surface area contributed by atoms with Crippen LogP contribution < -0.4 is 5.32 Å². The maximum absolute atomic E-state index is 13.0. The lowest BCUT2D eigenvalue weighted by molar-refractivity contribution is -0.135. The van der Waals surface area contributed by atoms with Crippen LogP contribution in [0.25, 0.3) is 0 Å². The molecule has 0 aromatic heterocycles. The van der Waals surface area contributed by atoms with Gasteiger partial charge in [-0.15, -0.1) is 0 Å². The molecule has 1 aromatic carbocycles. The molecule has 0 fully saturated rings. The fraction of sp³-hybridized carbons (Fsp3) is 0.560. The van der Waals surface area contributed by atoms with Crippen molar-refractivity contribution in [2.45, 2.75) is 66.3 Å². The Bertz CT molecular complexity index is 809. The number of carbonyl (C=O) groups excluding carboxylic acids is 2. The Morgan fingerprint density at radius 2 is 1.71 bits per heavy atom. The highest BCUT2D eigenvalue weighted by Crippen LogP contribution is 2.34. The predicted molar refractivity (Wildman–Crippen MR) is 124 cm³/mol. The van der Waals surface area contributed by atoms with E-state index in [2.05, 4.69) is 17.4 Å². The Hall–Kier alpha value is -2.63. The Kier molecular flexibility index (Phi) is 9.47. The van der Waals surface area contributed by atoms with E-state index in [1.807, 2.05) is 53.7 Å². The summed E-state index contributed by atoms with van der Waals surface area (Å²) in [6.07, 6.45) is 2.23. The van der Waals surface area contributed by atoms with Gasteiger partial charge in [0.15, 0.2) is 0 Å². The number of carboxylic acid groups (broad SMARTS) is 1. The van der Waals surface area contributed by atoms with E-state index in [-0.39, 0.29) is 47.2 Å². The average Bonchev–Trinajstić information content (AvgIpc) is 2.69. The van der Waals surface area contributed by atoms with Gasteiger partial charge in [-0.2, -0.15) is 0 Å². The van der Waals surface area contributed by atoms with E-state index < -0.39 is 5.97 Å². The van der Waals surface area contributed by atoms with Gasteiger partial charge in [-0.25, -0.2) is 4.79 Å². The van der Waals surface area contributed by atoms with E-state index in [0.29, 0.717) is 6.42 Å². The lowest BCUT2D eigenvalue weighted by Crippen LogP contribution is -2.48. The van der Waals surface area contributed by atoms with Crippen molar-refractivity contribution in [3.05, 3.63) is 47.0 Å². The molecule has 0 heterocycles. The zero-order valence-electron chi connectivity index (χ0n) is 20.2. The molecule has 2 atom stereocenters. The van der Waals surface area contributed by atoms with Crippen molar-refractivity contribution >= 4 is 17.8 Å². The summed E-state index contributed by atoms with van der Waals surface area (Å²) < 4.78 is 0. The smallest absolute Gasteiger partial charge is 0.331 e. The lowest BCUT2D eigenvalue weighted by atomic mass is 9.71. The number of likely N-dealkylation sites (N-methyl/N-ethyl adjacent to an activating group) is 1. The molecule has 6 nitrogen and oxygen atoms in total. The fourth-order valence-electron chi connectivity index (χ4n) is 3.86. The maximum atomic E-state index is 13.0. The van der Waals surface area contributed by atoms with E-state index in [1.165, 1.54) is 11.8 Å². The van der Waals surface area contributed by atoms with Crippen molar-refractivity contribution in [2.24, 2.45) is 11.8 Å². The van der Waals surface area contributed by atoms with E-state index in [1.54, 1.807) is 13.1 Å². The van der Waals surface area contributed by atoms with Crippen LogP contribution in [0.3, 0.4) is 0 Å². The number of benzene rings is 1. The van der Waals surface area contributed by atoms with Gasteiger partial charge in [0.05, 0.1) is 12.6 Å². The van der Waals surface area contributed by atoms with Crippen LogP contribution in [0, 0.1) is 18.8 Å². The van der Waals surface area contributed by atoms with Crippen LogP contribution in [-0.2, 0) is 19.8 Å². The molecule has 1 aromatic rings. The third-order valence-corrected chi connectivity index (χ3v) is 6.09. The quantitative estimate of drug-likeness (QED) is 0.551. The van der Waals surface area contributed by atoms with Crippen molar-refractivity contribution in [3.63, 3.8) is 0 Å². The van der Waals surface area contributed by atoms with Crippen molar-refractivity contribution in [3.8, 4) is 0 Å². The highest BCUT2D eigenvalue weighted by molar-refractivity contribution is 5.88. The number of aryl methyl sites for hydroxylation is 1. The van der Waals surface area contributed by atoms with E-state index >= 15 is 0 Å². The molecule has 31 heavy (non-hydrogen) atoms. The normalized spacial score (nSPS) is 14.2. The number of hydrogen-bond acceptors (Lipinski definition) is 3. The summed E-state index contributed by atoms with van der Waals surface area (Å²) in [4.78, 5) is 38.4. The molecular weight excluding hydrogens is 392 g/mol. The van der Waals surface area contributed by atoms with Gasteiger partial charge in [0.2, 0.25) is 11.8 Å². The zero-order chi connectivity index (χ0) is 23.9. The number of hydrogen-bond donors (Lipinski definition) is 2. The van der Waals surface area contributed by atoms with E-state index in [9.17, 15) is 14.4 Å². The first-order valence-electron chi connectivity index (χ1n) is 10.8. The highest BCUT2D eigenvalue weighted by atomic mass is 16.4. The van der Waals surface area contributed by atoms with Crippen LogP contribution in [0.15, 0.2) is 35.9 Å². The molecule has 0 aliphatic heterocycles. The number of aliphatic carboxylic acids is 1. The van der Waals surface area contributed by atoms with E-state index in [0.717, 1.165) is 11.1 Å². The second-order valence-corrected chi connectivity index (χ2v) is 9.16. The Labute approximate surface area is 186 Å². The number of carbonyl (C=O) groups is 3. The Balaban J connectivity index is 2.90. The number of nitrogens with one attached hydrogen (secondary N) is 1. The summed E-state index contributed by atoms with van der Waals surface area (Å²) in [5.74, 6) is -1.69. The van der Waals surface area contributed by atoms with Crippen LogP contribution in [0.4, 0.5) is 0 Å². The molecule has 0 bridgehead atoms. The molecule has 0 radical (unpaired) electrons. The monoisotopic (exact) mass is 430 g/mol. The van der Waals surface area contributed by atoms with Crippen molar-refractivity contribution in [1.82, 2.24) is 10.2 Å². The molecule has 0 aliphatic carbocycles. The zero-order valence-corrected chi connectivity index (χ0v) is 20.2. The summed E-state index contributed by atoms with van der Waals surface area (Å²) in [6.45, 7) is 13.3. The number of amides is 2. The van der Waals surface area contributed by atoms with Crippen molar-refractivity contribution in [2.75, 3.05) is 13.6 Å². The average molecular weight is 431 g/mol. The summed E-state index contributed by atoms with van der Waals surface area (Å²) in [5, 5.41) is 12.0. The van der Waals surface area contributed by atoms with Gasteiger partial charge in [-0.05, 0) is 31.7 Å². The fourth-order valence-corrected chi connectivity index (χ4v) is 3.86. The van der Waals surface area contributed by atoms with Gasteiger partial charge in [0, 0.05) is 24.0 Å². The van der Waals surface area contributed by atoms with Crippen LogP contribution in [-0.4, -0.2) is 47.4 Å². The summed E-state index contributed by atoms with van der Waals surface area (Å²) in [6, 6.07) is 7.81. The molecule has 6 heteroatoms. The maximum Gasteiger partial charge on any atom is 0.331 e. The molecule has 0 spiro atoms. The molecule has 0 unspecified atom stereocenters. The second kappa shape index (κ2) is 11.1. The lowest BCUT2D eigenvalue weighted by Gasteiger charge is -2.34. The molecule has 0 aliphatic rings. The molecule has 1 rings (SSSR count). The Morgan fingerprint density at radius 3 is 2.16 bits per heavy atom. The SMILES string of the molecule is CC[C@H](C(=O)NCC(=O)N(C)[C@H](/C=C(\C)C(=O)O)C(C)C)C(C)(C)c1ccc(C)cc1. The summed E-state index contributed by atoms with van der Waals surface area (Å²) in [5.41, 5.74) is 2.05. The second-order valence-electron chi connectivity index (χ2n) is 9.16. The third kappa shape index (κ3) is 6.94. The van der Waals surface area contributed by atoms with Crippen LogP contribution in [0.1, 0.15) is 59.1 Å². The Morgan fingerprint density at radius 1 is 1.16 bits per heavy atom. The molecule has 0 saturated carbocycles. The van der Waals surface area contributed by atoms with Crippen molar-refractivity contribution in [1.29, 1.82) is 0 Å². The number of nitrogens with zero attached hydrogens (tertiary/aromatic N) is 1. The molecule has 0 saturated heterocycles. The molecule has 2 N–H and O–H groups in total. The molecule has 172 valence electrons. The standard InChI is InChI=1S/C25H38N2O4/c1-9-20(25(6,7)19-12-10-17(4)11-13-19)23(29)26-15-22(28)27(8)21(16(2)3)14-18(5)24(30)31/h10-14,16,20-21H,9,15H2,1-8H3,(H,26,29)(H,30,31)/b18-14+/t20-,21-/m1/s1. The molecule has 2 amide bonds. The van der Waals surface area contributed by atoms with Crippen LogP contribution >= 0.6 is 0 Å². The van der Waals surface area contributed by atoms with Gasteiger partial charge >= 0.3 is 5.97 Å². The first-order chi connectivity index (χ1) is 14.3. The predicted octanol–water partition coefficient (Wildman–Crippen LogP) is 3.93. The van der Waals surface area contributed by atoms with Crippen LogP contribution in [0.2, 0.25) is 0 Å².